The number of aromatic amines is 1. The summed E-state index contributed by atoms with van der Waals surface area (Å²) in [6, 6.07) is 7.90. The van der Waals surface area contributed by atoms with Crippen LogP contribution >= 0.6 is 0 Å². The van der Waals surface area contributed by atoms with E-state index in [1.165, 1.54) is 56.8 Å². The summed E-state index contributed by atoms with van der Waals surface area (Å²) < 4.78 is 48.3. The number of sulfonamides is 1. The van der Waals surface area contributed by atoms with Crippen molar-refractivity contribution in [3.8, 4) is 11.5 Å². The second-order valence-electron chi connectivity index (χ2n) is 5.47. The average molecular weight is 393 g/mol. The number of hydrogen-bond acceptors (Lipinski definition) is 5. The number of hydrogen-bond donors (Lipinski definition) is 3. The van der Waals surface area contributed by atoms with Gasteiger partial charge in [-0.25, -0.2) is 12.8 Å². The predicted octanol–water partition coefficient (Wildman–Crippen LogP) is 1.95. The average Bonchev–Trinajstić information content (AvgIpc) is 3.08. The Labute approximate surface area is 154 Å². The van der Waals surface area contributed by atoms with Crippen molar-refractivity contribution in [3.05, 3.63) is 54.0 Å². The zero-order valence-corrected chi connectivity index (χ0v) is 15.2. The van der Waals surface area contributed by atoms with Crippen LogP contribution in [0.5, 0.6) is 11.5 Å². The molecule has 10 heteroatoms. The molecule has 1 heterocycles. The van der Waals surface area contributed by atoms with Gasteiger partial charge in [0.05, 0.1) is 24.7 Å². The van der Waals surface area contributed by atoms with Gasteiger partial charge in [0, 0.05) is 23.2 Å². The molecular formula is C17H16FN3O5S. The van der Waals surface area contributed by atoms with E-state index in [-0.39, 0.29) is 16.2 Å². The minimum absolute atomic E-state index is 0.0968. The summed E-state index contributed by atoms with van der Waals surface area (Å²) in [5, 5.41) is 0.331. The third-order valence-electron chi connectivity index (χ3n) is 3.85. The van der Waals surface area contributed by atoms with Crippen molar-refractivity contribution in [1.29, 1.82) is 0 Å². The number of halogens is 1. The molecule has 0 fully saturated rings. The van der Waals surface area contributed by atoms with E-state index in [2.05, 4.69) is 10.4 Å². The predicted molar refractivity (Wildman–Crippen MR) is 95.6 cm³/mol. The molecule has 1 aromatic heterocycles. The lowest BCUT2D eigenvalue weighted by Gasteiger charge is -2.11. The molecule has 3 aromatic rings. The summed E-state index contributed by atoms with van der Waals surface area (Å²) in [4.78, 5) is 17.0. The lowest BCUT2D eigenvalue weighted by Crippen LogP contribution is -2.41. The molecule has 0 atom stereocenters. The largest absolute Gasteiger partial charge is 0.493 e. The molecule has 1 amide bonds. The zero-order chi connectivity index (χ0) is 19.6. The van der Waals surface area contributed by atoms with E-state index < -0.39 is 21.7 Å². The number of amides is 1. The number of fused-ring (bicyclic) bond motifs is 1. The van der Waals surface area contributed by atoms with E-state index in [9.17, 15) is 17.6 Å². The molecule has 0 saturated carbocycles. The van der Waals surface area contributed by atoms with Crippen molar-refractivity contribution < 1.29 is 27.1 Å². The van der Waals surface area contributed by atoms with Crippen molar-refractivity contribution >= 4 is 26.8 Å². The Hall–Kier alpha value is -3.11. The highest BCUT2D eigenvalue weighted by Crippen LogP contribution is 2.29. The van der Waals surface area contributed by atoms with Gasteiger partial charge in [-0.15, -0.1) is 4.83 Å². The molecule has 0 radical (unpaired) electrons. The Kier molecular flexibility index (Phi) is 5.02. The number of nitrogens with one attached hydrogen (secondary N) is 3. The van der Waals surface area contributed by atoms with Gasteiger partial charge in [0.1, 0.15) is 5.82 Å². The maximum Gasteiger partial charge on any atom is 0.268 e. The number of carbonyl (C=O) groups is 1. The first-order chi connectivity index (χ1) is 12.9. The summed E-state index contributed by atoms with van der Waals surface area (Å²) in [7, 11) is -1.27. The first kappa shape index (κ1) is 18.7. The fraction of sp³-hybridized carbons (Fsp3) is 0.118. The summed E-state index contributed by atoms with van der Waals surface area (Å²) in [6.45, 7) is 0. The van der Waals surface area contributed by atoms with Crippen LogP contribution in [0, 0.1) is 5.82 Å². The molecule has 0 aliphatic carbocycles. The minimum Gasteiger partial charge on any atom is -0.493 e. The number of benzene rings is 2. The molecule has 0 saturated heterocycles. The Morgan fingerprint density at radius 2 is 1.81 bits per heavy atom. The summed E-state index contributed by atoms with van der Waals surface area (Å²) in [5.41, 5.74) is 2.75. The monoisotopic (exact) mass is 393 g/mol. The molecule has 0 unspecified atom stereocenters. The van der Waals surface area contributed by atoms with Gasteiger partial charge in [0.2, 0.25) is 0 Å². The molecule has 3 rings (SSSR count). The van der Waals surface area contributed by atoms with Crippen LogP contribution < -0.4 is 19.7 Å². The Bertz CT molecular complexity index is 1110. The highest BCUT2D eigenvalue weighted by atomic mass is 32.2. The molecule has 0 bridgehead atoms. The molecule has 142 valence electrons. The van der Waals surface area contributed by atoms with Gasteiger partial charge in [-0.3, -0.25) is 10.2 Å². The van der Waals surface area contributed by atoms with E-state index in [1.54, 1.807) is 0 Å². The van der Waals surface area contributed by atoms with Gasteiger partial charge in [-0.05, 0) is 30.3 Å². The maximum atomic E-state index is 13.4. The minimum atomic E-state index is -4.07. The Balaban J connectivity index is 1.80. The van der Waals surface area contributed by atoms with Crippen LogP contribution in [-0.4, -0.2) is 33.5 Å². The van der Waals surface area contributed by atoms with E-state index in [0.29, 0.717) is 16.7 Å². The van der Waals surface area contributed by atoms with Crippen molar-refractivity contribution in [3.63, 3.8) is 0 Å². The summed E-state index contributed by atoms with van der Waals surface area (Å²) >= 11 is 0. The topological polar surface area (TPSA) is 110 Å². The molecule has 0 aliphatic rings. The maximum absolute atomic E-state index is 13.4. The van der Waals surface area contributed by atoms with E-state index in [4.69, 9.17) is 9.47 Å². The van der Waals surface area contributed by atoms with Crippen LogP contribution in [0.3, 0.4) is 0 Å². The first-order valence-corrected chi connectivity index (χ1v) is 9.15. The van der Waals surface area contributed by atoms with Gasteiger partial charge in [0.15, 0.2) is 11.5 Å². The van der Waals surface area contributed by atoms with E-state index in [1.807, 2.05) is 4.83 Å². The third kappa shape index (κ3) is 3.71. The fourth-order valence-corrected chi connectivity index (χ4v) is 3.36. The van der Waals surface area contributed by atoms with E-state index in [0.717, 1.165) is 0 Å². The van der Waals surface area contributed by atoms with Crippen LogP contribution in [0.2, 0.25) is 0 Å². The smallest absolute Gasteiger partial charge is 0.268 e. The van der Waals surface area contributed by atoms with Gasteiger partial charge in [-0.2, -0.15) is 0 Å². The lowest BCUT2D eigenvalue weighted by atomic mass is 10.1. The molecule has 8 nitrogen and oxygen atoms in total. The second-order valence-corrected chi connectivity index (χ2v) is 7.15. The molecule has 2 aromatic carbocycles. The molecule has 0 aliphatic heterocycles. The quantitative estimate of drug-likeness (QED) is 0.555. The molecule has 0 spiro atoms. The standard InChI is InChI=1S/C17H16FN3O5S/c1-25-15-6-4-11(8-16(15)26-2)27(23,24)21-20-17(22)13-9-19-14-5-3-10(18)7-12(13)14/h3-9,19,21H,1-2H3,(H,20,22). The third-order valence-corrected chi connectivity index (χ3v) is 5.10. The van der Waals surface area contributed by atoms with Gasteiger partial charge >= 0.3 is 0 Å². The highest BCUT2D eigenvalue weighted by Gasteiger charge is 2.19. The van der Waals surface area contributed by atoms with Crippen molar-refractivity contribution in [2.75, 3.05) is 14.2 Å². The van der Waals surface area contributed by atoms with Crippen LogP contribution in [0.1, 0.15) is 10.4 Å². The van der Waals surface area contributed by atoms with Gasteiger partial charge < -0.3 is 14.5 Å². The SMILES string of the molecule is COc1ccc(S(=O)(=O)NNC(=O)c2c[nH]c3ccc(F)cc23)cc1OC. The van der Waals surface area contributed by atoms with Crippen molar-refractivity contribution in [2.45, 2.75) is 4.90 Å². The van der Waals surface area contributed by atoms with Gasteiger partial charge in [0.25, 0.3) is 15.9 Å². The fourth-order valence-electron chi connectivity index (χ4n) is 2.50. The zero-order valence-electron chi connectivity index (χ0n) is 14.4. The number of aromatic nitrogens is 1. The van der Waals surface area contributed by atoms with Gasteiger partial charge in [-0.1, -0.05) is 0 Å². The van der Waals surface area contributed by atoms with Crippen LogP contribution in [0.25, 0.3) is 10.9 Å². The number of rotatable bonds is 6. The van der Waals surface area contributed by atoms with Crippen molar-refractivity contribution in [1.82, 2.24) is 15.2 Å². The van der Waals surface area contributed by atoms with Crippen LogP contribution in [0.15, 0.2) is 47.5 Å². The molecular weight excluding hydrogens is 377 g/mol. The number of H-pyrrole nitrogens is 1. The van der Waals surface area contributed by atoms with E-state index >= 15 is 0 Å². The summed E-state index contributed by atoms with van der Waals surface area (Å²) in [6.07, 6.45) is 1.37. The molecule has 3 N–H and O–H groups in total. The normalized spacial score (nSPS) is 11.4. The second kappa shape index (κ2) is 7.25. The highest BCUT2D eigenvalue weighted by molar-refractivity contribution is 7.89. The lowest BCUT2D eigenvalue weighted by molar-refractivity contribution is 0.0947. The summed E-state index contributed by atoms with van der Waals surface area (Å²) in [5.74, 6) is -0.668. The Morgan fingerprint density at radius 3 is 2.52 bits per heavy atom. The van der Waals surface area contributed by atoms with Crippen molar-refractivity contribution in [2.24, 2.45) is 0 Å². The number of methoxy groups -OCH3 is 2. The van der Waals surface area contributed by atoms with Crippen LogP contribution in [-0.2, 0) is 10.0 Å². The Morgan fingerprint density at radius 1 is 1.07 bits per heavy atom. The number of ether oxygens (including phenoxy) is 2. The van der Waals surface area contributed by atoms with Crippen LogP contribution in [0.4, 0.5) is 4.39 Å². The number of hydrazine groups is 1. The number of carbonyl (C=O) groups excluding carboxylic acids is 1. The molecule has 27 heavy (non-hydrogen) atoms. The first-order valence-electron chi connectivity index (χ1n) is 7.66.